The monoisotopic (exact) mass is 240 g/mol. The van der Waals surface area contributed by atoms with Crippen LogP contribution in [0, 0.1) is 12.7 Å². The molecule has 0 aliphatic carbocycles. The van der Waals surface area contributed by atoms with Crippen LogP contribution in [0.4, 0.5) is 14.9 Å². The van der Waals surface area contributed by atoms with Crippen LogP contribution in [0.1, 0.15) is 11.1 Å². The van der Waals surface area contributed by atoms with Crippen molar-refractivity contribution in [2.24, 2.45) is 0 Å². The SMILES string of the molecule is Cc1c(F)ccc(N2NNN(C)C2=O)c1CO. The van der Waals surface area contributed by atoms with Crippen LogP contribution >= 0.6 is 0 Å². The number of aliphatic hydroxyl groups is 1. The van der Waals surface area contributed by atoms with Gasteiger partial charge in [-0.15, -0.1) is 11.1 Å². The van der Waals surface area contributed by atoms with Gasteiger partial charge in [-0.2, -0.15) is 0 Å². The summed E-state index contributed by atoms with van der Waals surface area (Å²) in [5.74, 6) is -0.411. The van der Waals surface area contributed by atoms with Crippen molar-refractivity contribution in [3.8, 4) is 0 Å². The van der Waals surface area contributed by atoms with E-state index >= 15 is 0 Å². The minimum atomic E-state index is -0.411. The van der Waals surface area contributed by atoms with Gasteiger partial charge in [0.25, 0.3) is 0 Å². The van der Waals surface area contributed by atoms with Gasteiger partial charge in [0.05, 0.1) is 12.3 Å². The Labute approximate surface area is 97.5 Å². The van der Waals surface area contributed by atoms with E-state index in [0.717, 1.165) is 0 Å². The van der Waals surface area contributed by atoms with Crippen molar-refractivity contribution in [1.29, 1.82) is 0 Å². The molecule has 1 aliphatic rings. The minimum absolute atomic E-state index is 0.328. The first-order valence-corrected chi connectivity index (χ1v) is 5.04. The van der Waals surface area contributed by atoms with Crippen LogP contribution in [0.15, 0.2) is 12.1 Å². The molecule has 17 heavy (non-hydrogen) atoms. The highest BCUT2D eigenvalue weighted by Gasteiger charge is 2.28. The highest BCUT2D eigenvalue weighted by Crippen LogP contribution is 2.26. The van der Waals surface area contributed by atoms with E-state index in [-0.39, 0.29) is 12.6 Å². The first kappa shape index (κ1) is 11.8. The Hall–Kier alpha value is -1.70. The molecule has 0 bridgehead atoms. The molecule has 2 amide bonds. The van der Waals surface area contributed by atoms with Crippen LogP contribution in [-0.4, -0.2) is 23.2 Å². The fourth-order valence-corrected chi connectivity index (χ4v) is 1.66. The Morgan fingerprint density at radius 2 is 2.12 bits per heavy atom. The average Bonchev–Trinajstić information content (AvgIpc) is 2.64. The highest BCUT2D eigenvalue weighted by atomic mass is 19.1. The topological polar surface area (TPSA) is 67.8 Å². The average molecular weight is 240 g/mol. The van der Waals surface area contributed by atoms with E-state index in [1.54, 1.807) is 14.0 Å². The van der Waals surface area contributed by atoms with Gasteiger partial charge < -0.3 is 5.11 Å². The Morgan fingerprint density at radius 3 is 2.65 bits per heavy atom. The van der Waals surface area contributed by atoms with E-state index in [9.17, 15) is 14.3 Å². The van der Waals surface area contributed by atoms with Gasteiger partial charge in [0.2, 0.25) is 0 Å². The molecule has 1 aromatic rings. The van der Waals surface area contributed by atoms with Crippen molar-refractivity contribution in [3.63, 3.8) is 0 Å². The van der Waals surface area contributed by atoms with Crippen molar-refractivity contribution < 1.29 is 14.3 Å². The van der Waals surface area contributed by atoms with Gasteiger partial charge in [0, 0.05) is 12.6 Å². The lowest BCUT2D eigenvalue weighted by molar-refractivity contribution is 0.214. The van der Waals surface area contributed by atoms with Crippen molar-refractivity contribution in [2.75, 3.05) is 12.1 Å². The number of urea groups is 1. The zero-order valence-corrected chi connectivity index (χ0v) is 9.49. The summed E-state index contributed by atoms with van der Waals surface area (Å²) in [7, 11) is 1.55. The molecule has 6 nitrogen and oxygen atoms in total. The van der Waals surface area contributed by atoms with Crippen LogP contribution in [0.5, 0.6) is 0 Å². The molecule has 1 aliphatic heterocycles. The molecule has 1 saturated heterocycles. The number of halogens is 1. The molecule has 7 heteroatoms. The molecule has 2 rings (SSSR count). The summed E-state index contributed by atoms with van der Waals surface area (Å²) in [6.45, 7) is 1.22. The van der Waals surface area contributed by atoms with E-state index in [1.165, 1.54) is 22.2 Å². The van der Waals surface area contributed by atoms with Gasteiger partial charge in [-0.3, -0.25) is 0 Å². The number of carbonyl (C=O) groups is 1. The normalized spacial score (nSPS) is 15.9. The molecular weight excluding hydrogens is 227 g/mol. The van der Waals surface area contributed by atoms with Gasteiger partial charge in [0.15, 0.2) is 0 Å². The second-order valence-corrected chi connectivity index (χ2v) is 3.73. The standard InChI is InChI=1S/C10H13FN4O2/c1-6-7(5-16)9(4-3-8(6)11)15-10(17)14(2)12-13-15/h3-4,12-13,16H,5H2,1-2H3. The van der Waals surface area contributed by atoms with Crippen LogP contribution in [0.25, 0.3) is 0 Å². The maximum Gasteiger partial charge on any atom is 0.355 e. The summed E-state index contributed by atoms with van der Waals surface area (Å²) in [5, 5.41) is 11.7. The third-order valence-electron chi connectivity index (χ3n) is 2.71. The number of benzene rings is 1. The Bertz CT molecular complexity index is 466. The van der Waals surface area contributed by atoms with Gasteiger partial charge in [-0.05, 0) is 24.6 Å². The third-order valence-corrected chi connectivity index (χ3v) is 2.71. The Morgan fingerprint density at radius 1 is 1.41 bits per heavy atom. The molecule has 92 valence electrons. The number of nitrogens with zero attached hydrogens (tertiary/aromatic N) is 2. The minimum Gasteiger partial charge on any atom is -0.392 e. The lowest BCUT2D eigenvalue weighted by atomic mass is 10.1. The zero-order valence-electron chi connectivity index (χ0n) is 9.49. The van der Waals surface area contributed by atoms with Crippen LogP contribution in [0.2, 0.25) is 0 Å². The van der Waals surface area contributed by atoms with Crippen LogP contribution in [0.3, 0.4) is 0 Å². The number of hydrogen-bond acceptors (Lipinski definition) is 4. The Kier molecular flexibility index (Phi) is 2.97. The molecule has 0 aromatic heterocycles. The summed E-state index contributed by atoms with van der Waals surface area (Å²) in [5.41, 5.74) is 6.34. The maximum atomic E-state index is 13.3. The molecule has 0 unspecified atom stereocenters. The van der Waals surface area contributed by atoms with Crippen molar-refractivity contribution >= 4 is 11.7 Å². The first-order valence-electron chi connectivity index (χ1n) is 5.04. The molecule has 1 aromatic carbocycles. The lowest BCUT2D eigenvalue weighted by Crippen LogP contribution is -2.38. The second-order valence-electron chi connectivity index (χ2n) is 3.73. The van der Waals surface area contributed by atoms with Crippen molar-refractivity contribution in [3.05, 3.63) is 29.1 Å². The van der Waals surface area contributed by atoms with E-state index in [0.29, 0.717) is 16.8 Å². The van der Waals surface area contributed by atoms with Crippen LogP contribution in [-0.2, 0) is 6.61 Å². The largest absolute Gasteiger partial charge is 0.392 e. The first-order chi connectivity index (χ1) is 8.06. The maximum absolute atomic E-state index is 13.3. The molecule has 0 saturated carbocycles. The van der Waals surface area contributed by atoms with E-state index in [1.807, 2.05) is 0 Å². The second kappa shape index (κ2) is 4.28. The summed E-state index contributed by atoms with van der Waals surface area (Å²) in [4.78, 5) is 11.7. The number of amides is 2. The molecular formula is C10H13FN4O2. The van der Waals surface area contributed by atoms with Gasteiger partial charge in [-0.1, -0.05) is 0 Å². The van der Waals surface area contributed by atoms with Gasteiger partial charge in [0.1, 0.15) is 5.82 Å². The number of hydrogen-bond donors (Lipinski definition) is 3. The molecule has 1 heterocycles. The Balaban J connectivity index is 2.46. The fraction of sp³-hybridized carbons (Fsp3) is 0.300. The van der Waals surface area contributed by atoms with Crippen molar-refractivity contribution in [1.82, 2.24) is 16.1 Å². The van der Waals surface area contributed by atoms with Gasteiger partial charge in [-0.25, -0.2) is 19.2 Å². The van der Waals surface area contributed by atoms with Gasteiger partial charge >= 0.3 is 6.03 Å². The number of hydrazine groups is 3. The number of aliphatic hydroxyl groups excluding tert-OH is 1. The smallest absolute Gasteiger partial charge is 0.355 e. The number of rotatable bonds is 2. The van der Waals surface area contributed by atoms with E-state index < -0.39 is 5.82 Å². The summed E-state index contributed by atoms with van der Waals surface area (Å²) < 4.78 is 13.3. The van der Waals surface area contributed by atoms with E-state index in [4.69, 9.17) is 0 Å². The quantitative estimate of drug-likeness (QED) is 0.701. The number of carbonyl (C=O) groups excluding carboxylic acids is 1. The lowest BCUT2D eigenvalue weighted by Gasteiger charge is -2.18. The predicted octanol–water partition coefficient (Wildman–Crippen LogP) is 0.422. The summed E-state index contributed by atoms with van der Waals surface area (Å²) in [6.07, 6.45) is 0. The zero-order chi connectivity index (χ0) is 12.6. The van der Waals surface area contributed by atoms with E-state index in [2.05, 4.69) is 11.1 Å². The van der Waals surface area contributed by atoms with Crippen LogP contribution < -0.4 is 16.1 Å². The molecule has 0 spiro atoms. The molecule has 1 fully saturated rings. The summed E-state index contributed by atoms with van der Waals surface area (Å²) in [6, 6.07) is 2.36. The fourth-order valence-electron chi connectivity index (χ4n) is 1.66. The predicted molar refractivity (Wildman–Crippen MR) is 59.0 cm³/mol. The number of anilines is 1. The summed E-state index contributed by atoms with van der Waals surface area (Å²) >= 11 is 0. The number of nitrogens with one attached hydrogen (secondary N) is 2. The third kappa shape index (κ3) is 1.84. The molecule has 0 atom stereocenters. The highest BCUT2D eigenvalue weighted by molar-refractivity contribution is 5.92. The molecule has 3 N–H and O–H groups in total. The molecule has 0 radical (unpaired) electrons. The van der Waals surface area contributed by atoms with Crippen molar-refractivity contribution in [2.45, 2.75) is 13.5 Å².